The van der Waals surface area contributed by atoms with Crippen molar-refractivity contribution in [2.24, 2.45) is 0 Å². The minimum absolute atomic E-state index is 0.0209. The first-order valence-corrected chi connectivity index (χ1v) is 16.2. The Balaban J connectivity index is 1.35. The summed E-state index contributed by atoms with van der Waals surface area (Å²) in [7, 11) is 1.68. The molecule has 1 unspecified atom stereocenters. The molecule has 0 radical (unpaired) electrons. The highest BCUT2D eigenvalue weighted by Crippen LogP contribution is 2.36. The van der Waals surface area contributed by atoms with Gasteiger partial charge in [-0.25, -0.2) is 18.6 Å². The van der Waals surface area contributed by atoms with E-state index >= 15 is 0 Å². The number of thiophene rings is 1. The van der Waals surface area contributed by atoms with Gasteiger partial charge in [0.1, 0.15) is 11.9 Å². The molecule has 6 rings (SSSR count). The van der Waals surface area contributed by atoms with E-state index in [0.717, 1.165) is 11.1 Å². The van der Waals surface area contributed by atoms with Crippen molar-refractivity contribution < 1.29 is 18.7 Å². The Morgan fingerprint density at radius 2 is 2.08 bits per heavy atom. The predicted molar refractivity (Wildman–Crippen MR) is 181 cm³/mol. The minimum atomic E-state index is -2.42. The van der Waals surface area contributed by atoms with Crippen molar-refractivity contribution in [3.8, 4) is 29.0 Å². The molecule has 0 aliphatic heterocycles. The average Bonchev–Trinajstić information content (AvgIpc) is 3.51. The van der Waals surface area contributed by atoms with Crippen LogP contribution >= 0.6 is 22.9 Å². The summed E-state index contributed by atoms with van der Waals surface area (Å²) in [6, 6.07) is 9.11. The number of aromatic nitrogens is 4. The third kappa shape index (κ3) is 6.30. The van der Waals surface area contributed by atoms with Crippen LogP contribution in [0.1, 0.15) is 52.3 Å². The number of hydrogen-bond donors (Lipinski definition) is 1. The summed E-state index contributed by atoms with van der Waals surface area (Å²) in [4.78, 5) is 40.6. The number of aromatic carboxylic acids is 1. The van der Waals surface area contributed by atoms with Crippen LogP contribution in [0.25, 0.3) is 37.8 Å². The van der Waals surface area contributed by atoms with Gasteiger partial charge in [-0.3, -0.25) is 24.2 Å². The maximum Gasteiger partial charge on any atom is 0.338 e. The first-order chi connectivity index (χ1) is 23.1. The summed E-state index contributed by atoms with van der Waals surface area (Å²) in [5, 5.41) is 21.9. The van der Waals surface area contributed by atoms with Crippen LogP contribution in [0, 0.1) is 30.1 Å². The summed E-state index contributed by atoms with van der Waals surface area (Å²) in [6.45, 7) is 1.35. The SMILES string of the molecule is Cc1nc2cnc(C3=CCC(N(C)CC(F)F)CC3)c(C#N)c2c(=O)n1CC#Cc1ccc(Cl)cc1-c1ccnc2c(C(=O)O)csc12. The molecular formula is C35H27ClF2N6O3S. The number of rotatable bonds is 7. The third-order valence-electron chi connectivity index (χ3n) is 8.46. The van der Waals surface area contributed by atoms with E-state index in [0.29, 0.717) is 62.7 Å². The predicted octanol–water partition coefficient (Wildman–Crippen LogP) is 6.78. The Kier molecular flexibility index (Phi) is 9.33. The second-order valence-electron chi connectivity index (χ2n) is 11.4. The van der Waals surface area contributed by atoms with Crippen molar-refractivity contribution in [2.75, 3.05) is 13.6 Å². The summed E-state index contributed by atoms with van der Waals surface area (Å²) in [5.74, 6) is 5.53. The number of carboxylic acids is 1. The van der Waals surface area contributed by atoms with Gasteiger partial charge >= 0.3 is 5.97 Å². The van der Waals surface area contributed by atoms with E-state index in [1.807, 2.05) is 6.08 Å². The molecule has 0 saturated carbocycles. The zero-order valence-corrected chi connectivity index (χ0v) is 27.4. The largest absolute Gasteiger partial charge is 0.478 e. The van der Waals surface area contributed by atoms with Crippen LogP contribution in [0.2, 0.25) is 5.02 Å². The summed E-state index contributed by atoms with van der Waals surface area (Å²) in [6.07, 6.45) is 4.20. The Bertz CT molecular complexity index is 2300. The maximum atomic E-state index is 13.9. The highest BCUT2D eigenvalue weighted by atomic mass is 35.5. The number of aryl methyl sites for hydroxylation is 1. The Labute approximate surface area is 282 Å². The molecule has 1 aliphatic rings. The van der Waals surface area contributed by atoms with Gasteiger partial charge < -0.3 is 5.11 Å². The second kappa shape index (κ2) is 13.6. The number of allylic oxidation sites excluding steroid dienone is 1. The number of hydrogen-bond acceptors (Lipinski definition) is 8. The number of nitrogens with zero attached hydrogens (tertiary/aromatic N) is 6. The van der Waals surface area contributed by atoms with Gasteiger partial charge in [0.25, 0.3) is 12.0 Å². The first-order valence-electron chi connectivity index (χ1n) is 14.9. The monoisotopic (exact) mass is 684 g/mol. The Hall–Kier alpha value is -5.01. The van der Waals surface area contributed by atoms with Crippen molar-refractivity contribution in [1.82, 2.24) is 24.4 Å². The topological polar surface area (TPSA) is 125 Å². The molecule has 1 aromatic carbocycles. The van der Waals surface area contributed by atoms with Crippen molar-refractivity contribution in [3.05, 3.63) is 91.7 Å². The molecule has 0 amide bonds. The zero-order valence-electron chi connectivity index (χ0n) is 25.8. The molecule has 4 aromatic heterocycles. The van der Waals surface area contributed by atoms with Crippen LogP contribution in [0.15, 0.2) is 52.9 Å². The molecule has 0 saturated heterocycles. The van der Waals surface area contributed by atoms with Crippen molar-refractivity contribution >= 4 is 55.6 Å². The molecule has 0 bridgehead atoms. The number of nitriles is 1. The fraction of sp³-hybridized carbons (Fsp3) is 0.257. The van der Waals surface area contributed by atoms with Gasteiger partial charge in [-0.2, -0.15) is 5.26 Å². The number of alkyl halides is 2. The van der Waals surface area contributed by atoms with Gasteiger partial charge in [0.05, 0.1) is 57.2 Å². The van der Waals surface area contributed by atoms with E-state index in [2.05, 4.69) is 32.9 Å². The molecule has 13 heteroatoms. The molecule has 9 nitrogen and oxygen atoms in total. The number of benzene rings is 1. The summed E-state index contributed by atoms with van der Waals surface area (Å²) >= 11 is 7.63. The quantitative estimate of drug-likeness (QED) is 0.186. The van der Waals surface area contributed by atoms with Crippen LogP contribution in [-0.4, -0.2) is 61.6 Å². The van der Waals surface area contributed by atoms with Gasteiger partial charge in [-0.15, -0.1) is 11.3 Å². The van der Waals surface area contributed by atoms with E-state index in [1.165, 1.54) is 22.1 Å². The van der Waals surface area contributed by atoms with Crippen LogP contribution in [0.4, 0.5) is 8.78 Å². The molecule has 0 fully saturated rings. The number of carboxylic acid groups (broad SMARTS) is 1. The summed E-state index contributed by atoms with van der Waals surface area (Å²) in [5.41, 5.74) is 3.70. The van der Waals surface area contributed by atoms with Crippen LogP contribution < -0.4 is 5.56 Å². The van der Waals surface area contributed by atoms with E-state index in [1.54, 1.807) is 54.7 Å². The fourth-order valence-corrected chi connectivity index (χ4v) is 7.22. The molecule has 0 spiro atoms. The Morgan fingerprint density at radius 1 is 1.27 bits per heavy atom. The van der Waals surface area contributed by atoms with Gasteiger partial charge in [-0.05, 0) is 63.1 Å². The van der Waals surface area contributed by atoms with E-state index in [-0.39, 0.29) is 35.6 Å². The van der Waals surface area contributed by atoms with Crippen LogP contribution in [-0.2, 0) is 6.54 Å². The molecule has 48 heavy (non-hydrogen) atoms. The average molecular weight is 685 g/mol. The molecule has 242 valence electrons. The van der Waals surface area contributed by atoms with E-state index in [4.69, 9.17) is 11.6 Å². The number of fused-ring (bicyclic) bond motifs is 2. The third-order valence-corrected chi connectivity index (χ3v) is 9.69. The molecule has 1 aliphatic carbocycles. The Morgan fingerprint density at radius 3 is 2.79 bits per heavy atom. The second-order valence-corrected chi connectivity index (χ2v) is 12.7. The molecule has 1 atom stereocenters. The van der Waals surface area contributed by atoms with Gasteiger partial charge in [0, 0.05) is 39.3 Å². The minimum Gasteiger partial charge on any atom is -0.478 e. The lowest BCUT2D eigenvalue weighted by atomic mass is 9.90. The molecule has 5 aromatic rings. The van der Waals surface area contributed by atoms with Crippen molar-refractivity contribution in [2.45, 2.75) is 45.2 Å². The fourth-order valence-electron chi connectivity index (χ4n) is 6.02. The van der Waals surface area contributed by atoms with E-state index < -0.39 is 18.0 Å². The standard InChI is InChI=1S/C35H27ClF2N6O3S/c1-19-42-28-16-41-31(21-6-9-23(10-7-21)43(2)17-29(37)38)26(15-39)30(28)34(45)44(19)13-3-4-20-5-8-22(36)14-25(20)24-11-12-40-32-27(35(46)47)18-48-33(24)32/h5-6,8,11-12,14,16,18,23,29H,7,9-10,13,17H2,1-2H3,(H,46,47). The summed E-state index contributed by atoms with van der Waals surface area (Å²) < 4.78 is 27.9. The van der Waals surface area contributed by atoms with Crippen molar-refractivity contribution in [3.63, 3.8) is 0 Å². The number of carbonyl (C=O) groups is 1. The lowest BCUT2D eigenvalue weighted by Crippen LogP contribution is -2.36. The van der Waals surface area contributed by atoms with Crippen molar-refractivity contribution in [1.29, 1.82) is 5.26 Å². The first kappa shape index (κ1) is 32.9. The molecule has 4 heterocycles. The lowest BCUT2D eigenvalue weighted by Gasteiger charge is -2.30. The normalized spacial score (nSPS) is 14.6. The number of pyridine rings is 2. The van der Waals surface area contributed by atoms with Crippen LogP contribution in [0.3, 0.4) is 0 Å². The van der Waals surface area contributed by atoms with Gasteiger partial charge in [-0.1, -0.05) is 29.5 Å². The number of halogens is 3. The van der Waals surface area contributed by atoms with E-state index in [9.17, 15) is 28.7 Å². The van der Waals surface area contributed by atoms with Crippen LogP contribution in [0.5, 0.6) is 0 Å². The molecule has 1 N–H and O–H groups in total. The van der Waals surface area contributed by atoms with Gasteiger partial charge in [0.15, 0.2) is 0 Å². The smallest absolute Gasteiger partial charge is 0.338 e. The maximum absolute atomic E-state index is 13.9. The zero-order chi connectivity index (χ0) is 34.1. The highest BCUT2D eigenvalue weighted by Gasteiger charge is 2.25. The van der Waals surface area contributed by atoms with Gasteiger partial charge in [0.2, 0.25) is 0 Å². The molecular weight excluding hydrogens is 658 g/mol. The highest BCUT2D eigenvalue weighted by molar-refractivity contribution is 7.18. The lowest BCUT2D eigenvalue weighted by molar-refractivity contribution is 0.0699.